The van der Waals surface area contributed by atoms with Crippen molar-refractivity contribution in [1.29, 1.82) is 0 Å². The highest BCUT2D eigenvalue weighted by Gasteiger charge is 2.34. The minimum absolute atomic E-state index is 0.152. The number of rotatable bonds is 10. The number of nitrogens with one attached hydrogen (secondary N) is 1. The summed E-state index contributed by atoms with van der Waals surface area (Å²) in [6, 6.07) is 31.8. The van der Waals surface area contributed by atoms with Crippen molar-refractivity contribution < 1.29 is 23.1 Å². The van der Waals surface area contributed by atoms with E-state index in [9.17, 15) is 14.0 Å². The maximum absolute atomic E-state index is 13.6. The molecule has 8 nitrogen and oxygen atoms in total. The number of anilines is 1. The summed E-state index contributed by atoms with van der Waals surface area (Å²) in [6.07, 6.45) is 4.80. The molecule has 11 heteroatoms. The fraction of sp³-hybridized carbons (Fsp3) is 0.0556. The van der Waals surface area contributed by atoms with Crippen molar-refractivity contribution in [3.05, 3.63) is 148 Å². The molecular weight excluding hydrogens is 639 g/mol. The van der Waals surface area contributed by atoms with E-state index in [1.807, 2.05) is 54.6 Å². The Hall–Kier alpha value is -5.45. The normalized spacial score (nSPS) is 14.8. The lowest BCUT2D eigenvalue weighted by molar-refractivity contribution is -0.122. The standard InChI is InChI=1S/C36H26ClFN4O4S/c37-28-12-17-32(46-23-34(43)40-30-15-13-29(38)14-16-30)27(19-28)20-33-35(44)42(22-31-7-4-18-45-31)36(47-33)41-39-21-24-8-10-26(11-9-24)25-5-2-1-3-6-25/h1-21H,22-23H2,(H,40,43)/b33-20-,39-21+,41-36-. The van der Waals surface area contributed by atoms with E-state index in [0.717, 1.165) is 28.5 Å². The first-order valence-corrected chi connectivity index (χ1v) is 15.6. The van der Waals surface area contributed by atoms with Gasteiger partial charge in [-0.2, -0.15) is 5.10 Å². The molecule has 0 aliphatic carbocycles. The molecule has 1 aliphatic rings. The second-order valence-electron chi connectivity index (χ2n) is 10.2. The van der Waals surface area contributed by atoms with Gasteiger partial charge in [0.15, 0.2) is 11.8 Å². The van der Waals surface area contributed by atoms with Gasteiger partial charge < -0.3 is 14.5 Å². The summed E-state index contributed by atoms with van der Waals surface area (Å²) in [6.45, 7) is -0.173. The lowest BCUT2D eigenvalue weighted by atomic mass is 10.0. The van der Waals surface area contributed by atoms with Crippen LogP contribution in [0, 0.1) is 5.82 Å². The van der Waals surface area contributed by atoms with Crippen LogP contribution in [0.2, 0.25) is 5.02 Å². The van der Waals surface area contributed by atoms with E-state index < -0.39 is 11.7 Å². The first-order valence-electron chi connectivity index (χ1n) is 14.4. The maximum atomic E-state index is 13.6. The molecule has 1 aromatic heterocycles. The number of amides is 2. The Bertz CT molecular complexity index is 1960. The SMILES string of the molecule is O=C(COc1ccc(Cl)cc1/C=C1\S/C(=N\N=C\c2ccc(-c3ccccc3)cc2)N(Cc2ccco2)C1=O)Nc1ccc(F)cc1. The summed E-state index contributed by atoms with van der Waals surface area (Å²) in [5, 5.41) is 12.1. The van der Waals surface area contributed by atoms with Crippen LogP contribution < -0.4 is 10.1 Å². The molecule has 0 bridgehead atoms. The van der Waals surface area contributed by atoms with Crippen LogP contribution >= 0.6 is 23.4 Å². The highest BCUT2D eigenvalue weighted by Crippen LogP contribution is 2.36. The second kappa shape index (κ2) is 14.8. The van der Waals surface area contributed by atoms with Gasteiger partial charge in [-0.15, -0.1) is 5.10 Å². The minimum atomic E-state index is -0.442. The highest BCUT2D eigenvalue weighted by molar-refractivity contribution is 8.18. The molecule has 1 N–H and O–H groups in total. The molecule has 1 fully saturated rings. The number of hydrogen-bond acceptors (Lipinski definition) is 7. The van der Waals surface area contributed by atoms with Crippen LogP contribution in [0.25, 0.3) is 17.2 Å². The van der Waals surface area contributed by atoms with Crippen molar-refractivity contribution in [2.75, 3.05) is 11.9 Å². The summed E-state index contributed by atoms with van der Waals surface area (Å²) in [7, 11) is 0. The van der Waals surface area contributed by atoms with Gasteiger partial charge in [-0.25, -0.2) is 4.39 Å². The molecule has 0 saturated carbocycles. The van der Waals surface area contributed by atoms with Crippen LogP contribution in [0.4, 0.5) is 10.1 Å². The van der Waals surface area contributed by atoms with Crippen LogP contribution in [0.15, 0.2) is 135 Å². The van der Waals surface area contributed by atoms with Crippen LogP contribution in [-0.4, -0.2) is 34.7 Å². The van der Waals surface area contributed by atoms with Crippen molar-refractivity contribution in [2.24, 2.45) is 10.2 Å². The van der Waals surface area contributed by atoms with Gasteiger partial charge >= 0.3 is 0 Å². The van der Waals surface area contributed by atoms with Gasteiger partial charge in [0.25, 0.3) is 11.8 Å². The number of carbonyl (C=O) groups excluding carboxylic acids is 2. The van der Waals surface area contributed by atoms with Crippen molar-refractivity contribution in [3.63, 3.8) is 0 Å². The number of benzene rings is 4. The topological polar surface area (TPSA) is 96.5 Å². The average Bonchev–Trinajstić information content (AvgIpc) is 3.70. The van der Waals surface area contributed by atoms with Crippen LogP contribution in [0.1, 0.15) is 16.9 Å². The number of furan rings is 1. The van der Waals surface area contributed by atoms with E-state index in [-0.39, 0.29) is 19.1 Å². The van der Waals surface area contributed by atoms with E-state index in [1.165, 1.54) is 35.4 Å². The molecule has 6 rings (SSSR count). The molecule has 4 aromatic carbocycles. The lowest BCUT2D eigenvalue weighted by Crippen LogP contribution is -2.28. The van der Waals surface area contributed by atoms with E-state index in [4.69, 9.17) is 20.8 Å². The number of amidine groups is 1. The molecule has 0 radical (unpaired) electrons. The van der Waals surface area contributed by atoms with Gasteiger partial charge in [-0.1, -0.05) is 66.2 Å². The number of ether oxygens (including phenoxy) is 1. The molecule has 0 atom stereocenters. The van der Waals surface area contributed by atoms with Crippen molar-refractivity contribution in [3.8, 4) is 16.9 Å². The molecule has 1 aliphatic heterocycles. The number of hydrogen-bond donors (Lipinski definition) is 1. The average molecular weight is 665 g/mol. The summed E-state index contributed by atoms with van der Waals surface area (Å²) >= 11 is 7.44. The quantitative estimate of drug-likeness (QED) is 0.0921. The fourth-order valence-electron chi connectivity index (χ4n) is 4.60. The molecule has 234 valence electrons. The first-order chi connectivity index (χ1) is 22.9. The van der Waals surface area contributed by atoms with E-state index in [0.29, 0.717) is 37.9 Å². The molecule has 2 heterocycles. The lowest BCUT2D eigenvalue weighted by Gasteiger charge is -2.13. The fourth-order valence-corrected chi connectivity index (χ4v) is 5.70. The number of thioether (sulfide) groups is 1. The van der Waals surface area contributed by atoms with Gasteiger partial charge in [0.1, 0.15) is 17.3 Å². The zero-order valence-electron chi connectivity index (χ0n) is 24.7. The van der Waals surface area contributed by atoms with Gasteiger partial charge in [0.05, 0.1) is 23.9 Å². The summed E-state index contributed by atoms with van der Waals surface area (Å²) < 4.78 is 24.5. The number of halogens is 2. The minimum Gasteiger partial charge on any atom is -0.483 e. The Morgan fingerprint density at radius 3 is 2.47 bits per heavy atom. The highest BCUT2D eigenvalue weighted by atomic mass is 35.5. The van der Waals surface area contributed by atoms with Crippen molar-refractivity contribution >= 4 is 58.3 Å². The summed E-state index contributed by atoms with van der Waals surface area (Å²) in [5.41, 5.74) is 3.97. The Morgan fingerprint density at radius 2 is 1.72 bits per heavy atom. The molecule has 1 saturated heterocycles. The predicted molar refractivity (Wildman–Crippen MR) is 184 cm³/mol. The van der Waals surface area contributed by atoms with E-state index >= 15 is 0 Å². The Morgan fingerprint density at radius 1 is 0.957 bits per heavy atom. The van der Waals surface area contributed by atoms with E-state index in [2.05, 4.69) is 15.5 Å². The molecule has 2 amide bonds. The van der Waals surface area contributed by atoms with Crippen LogP contribution in [-0.2, 0) is 16.1 Å². The summed E-state index contributed by atoms with van der Waals surface area (Å²) in [4.78, 5) is 28.0. The van der Waals surface area contributed by atoms with Crippen LogP contribution in [0.5, 0.6) is 5.75 Å². The predicted octanol–water partition coefficient (Wildman–Crippen LogP) is 8.26. The first kappa shape index (κ1) is 31.5. The number of nitrogens with zero attached hydrogens (tertiary/aromatic N) is 3. The third-order valence-corrected chi connectivity index (χ3v) is 8.13. The van der Waals surface area contributed by atoms with Gasteiger partial charge in [0.2, 0.25) is 0 Å². The maximum Gasteiger partial charge on any atom is 0.267 e. The molecule has 47 heavy (non-hydrogen) atoms. The molecule has 0 spiro atoms. The van der Waals surface area contributed by atoms with Crippen molar-refractivity contribution in [1.82, 2.24) is 4.90 Å². The third kappa shape index (κ3) is 8.23. The van der Waals surface area contributed by atoms with Crippen LogP contribution in [0.3, 0.4) is 0 Å². The Labute approximate surface area is 279 Å². The van der Waals surface area contributed by atoms with Gasteiger partial charge in [-0.3, -0.25) is 14.5 Å². The molecule has 0 unspecified atom stereocenters. The van der Waals surface area contributed by atoms with Crippen molar-refractivity contribution in [2.45, 2.75) is 6.54 Å². The Kier molecular flexibility index (Phi) is 9.90. The van der Waals surface area contributed by atoms with E-state index in [1.54, 1.807) is 42.6 Å². The second-order valence-corrected chi connectivity index (χ2v) is 11.7. The molecular formula is C36H26ClFN4O4S. The zero-order chi connectivity index (χ0) is 32.6. The largest absolute Gasteiger partial charge is 0.483 e. The van der Waals surface area contributed by atoms with Gasteiger partial charge in [-0.05, 0) is 89.1 Å². The van der Waals surface area contributed by atoms with Gasteiger partial charge in [0, 0.05) is 16.3 Å². The Balaban J connectivity index is 1.20. The third-order valence-electron chi connectivity index (χ3n) is 6.90. The molecule has 5 aromatic rings. The zero-order valence-corrected chi connectivity index (χ0v) is 26.2. The summed E-state index contributed by atoms with van der Waals surface area (Å²) in [5.74, 6) is -0.249. The number of carbonyl (C=O) groups is 2. The monoisotopic (exact) mass is 664 g/mol. The smallest absolute Gasteiger partial charge is 0.267 e.